The van der Waals surface area contributed by atoms with Crippen LogP contribution >= 0.6 is 0 Å². The number of halogens is 3. The second kappa shape index (κ2) is 9.53. The number of carbonyl (C=O) groups excluding carboxylic acids is 1. The van der Waals surface area contributed by atoms with Gasteiger partial charge in [-0.15, -0.1) is 0 Å². The normalized spacial score (nSPS) is 22.5. The Bertz CT molecular complexity index is 1180. The maximum absolute atomic E-state index is 12.7. The van der Waals surface area contributed by atoms with Crippen LogP contribution in [0.25, 0.3) is 11.0 Å². The van der Waals surface area contributed by atoms with Crippen LogP contribution in [0.2, 0.25) is 0 Å². The van der Waals surface area contributed by atoms with Crippen molar-refractivity contribution < 1.29 is 18.0 Å². The Hall–Kier alpha value is -3.07. The van der Waals surface area contributed by atoms with E-state index in [9.17, 15) is 18.0 Å². The summed E-state index contributed by atoms with van der Waals surface area (Å²) in [7, 11) is 0. The highest BCUT2D eigenvalue weighted by Crippen LogP contribution is 2.42. The van der Waals surface area contributed by atoms with E-state index in [2.05, 4.69) is 45.2 Å². The average Bonchev–Trinajstić information content (AvgIpc) is 3.27. The first-order chi connectivity index (χ1) is 16.8. The molecule has 2 atom stereocenters. The molecule has 6 nitrogen and oxygen atoms in total. The SMILES string of the molecule is Cc1nc2ccccc2n1C1CC2CCC(C1)N2CCCNC(=O)Nc1ccc(C(F)(F)F)cc1. The lowest BCUT2D eigenvalue weighted by Crippen LogP contribution is -2.44. The highest BCUT2D eigenvalue weighted by Gasteiger charge is 2.41. The fraction of sp³-hybridized carbons (Fsp3) is 0.462. The number of nitrogens with one attached hydrogen (secondary N) is 2. The van der Waals surface area contributed by atoms with Crippen molar-refractivity contribution in [1.82, 2.24) is 19.8 Å². The Balaban J connectivity index is 1.10. The molecule has 9 heteroatoms. The smallest absolute Gasteiger partial charge is 0.338 e. The van der Waals surface area contributed by atoms with E-state index in [4.69, 9.17) is 4.98 Å². The van der Waals surface area contributed by atoms with Crippen LogP contribution in [0.1, 0.15) is 49.5 Å². The molecule has 2 aromatic carbocycles. The molecular weight excluding hydrogens is 455 g/mol. The Morgan fingerprint density at radius 2 is 1.71 bits per heavy atom. The number of anilines is 1. The van der Waals surface area contributed by atoms with Gasteiger partial charge in [0.25, 0.3) is 0 Å². The molecule has 2 aliphatic rings. The number of hydrogen-bond acceptors (Lipinski definition) is 3. The predicted octanol–water partition coefficient (Wildman–Crippen LogP) is 5.74. The van der Waals surface area contributed by atoms with Gasteiger partial charge in [-0.3, -0.25) is 4.90 Å². The van der Waals surface area contributed by atoms with Crippen LogP contribution in [0, 0.1) is 6.92 Å². The predicted molar refractivity (Wildman–Crippen MR) is 129 cm³/mol. The monoisotopic (exact) mass is 485 g/mol. The standard InChI is InChI=1S/C26H30F3N5O/c1-17-31-23-5-2-3-6-24(23)34(17)22-15-20-11-12-21(16-22)33(20)14-4-13-30-25(35)32-19-9-7-18(8-10-19)26(27,28)29/h2-3,5-10,20-22H,4,11-16H2,1H3,(H2,30,32,35). The molecule has 2 aliphatic heterocycles. The lowest BCUT2D eigenvalue weighted by Gasteiger charge is -2.40. The second-order valence-electron chi connectivity index (χ2n) is 9.58. The molecule has 0 saturated carbocycles. The third kappa shape index (κ3) is 5.00. The zero-order valence-corrected chi connectivity index (χ0v) is 19.7. The minimum atomic E-state index is -4.39. The topological polar surface area (TPSA) is 62.2 Å². The van der Waals surface area contributed by atoms with Gasteiger partial charge in [0.1, 0.15) is 5.82 Å². The van der Waals surface area contributed by atoms with Crippen molar-refractivity contribution in [3.8, 4) is 0 Å². The lowest BCUT2D eigenvalue weighted by atomic mass is 9.96. The van der Waals surface area contributed by atoms with Gasteiger partial charge in [0.2, 0.25) is 0 Å². The van der Waals surface area contributed by atoms with Crippen LogP contribution in [0.4, 0.5) is 23.7 Å². The van der Waals surface area contributed by atoms with Crippen LogP contribution in [0.3, 0.4) is 0 Å². The number of alkyl halides is 3. The summed E-state index contributed by atoms with van der Waals surface area (Å²) in [5.74, 6) is 1.08. The van der Waals surface area contributed by atoms with E-state index in [1.165, 1.54) is 30.5 Å². The number of urea groups is 1. The number of piperidine rings is 1. The molecule has 2 N–H and O–H groups in total. The van der Waals surface area contributed by atoms with Gasteiger partial charge < -0.3 is 15.2 Å². The van der Waals surface area contributed by atoms with Gasteiger partial charge in [0.05, 0.1) is 16.6 Å². The molecule has 186 valence electrons. The van der Waals surface area contributed by atoms with Crippen molar-refractivity contribution in [3.63, 3.8) is 0 Å². The Morgan fingerprint density at radius 3 is 2.40 bits per heavy atom. The summed E-state index contributed by atoms with van der Waals surface area (Å²) in [5.41, 5.74) is 1.86. The quantitative estimate of drug-likeness (QED) is 0.438. The molecule has 0 radical (unpaired) electrons. The zero-order valence-electron chi connectivity index (χ0n) is 19.7. The number of aryl methyl sites for hydroxylation is 1. The summed E-state index contributed by atoms with van der Waals surface area (Å²) in [5, 5.41) is 5.40. The van der Waals surface area contributed by atoms with E-state index < -0.39 is 17.8 Å². The van der Waals surface area contributed by atoms with Gasteiger partial charge in [-0.2, -0.15) is 13.2 Å². The van der Waals surface area contributed by atoms with E-state index in [-0.39, 0.29) is 0 Å². The van der Waals surface area contributed by atoms with E-state index in [0.29, 0.717) is 30.4 Å². The Morgan fingerprint density at radius 1 is 1.03 bits per heavy atom. The molecule has 2 unspecified atom stereocenters. The summed E-state index contributed by atoms with van der Waals surface area (Å²) < 4.78 is 40.4. The minimum absolute atomic E-state index is 0.331. The molecule has 3 aromatic rings. The number of para-hydroxylation sites is 2. The number of fused-ring (bicyclic) bond motifs is 3. The van der Waals surface area contributed by atoms with E-state index in [1.54, 1.807) is 0 Å². The van der Waals surface area contributed by atoms with Crippen LogP contribution in [0.15, 0.2) is 48.5 Å². The summed E-state index contributed by atoms with van der Waals surface area (Å²) in [4.78, 5) is 19.5. The number of hydrogen-bond donors (Lipinski definition) is 2. The Kier molecular flexibility index (Phi) is 6.44. The lowest BCUT2D eigenvalue weighted by molar-refractivity contribution is -0.137. The number of imidazole rings is 1. The molecular formula is C26H30F3N5O. The second-order valence-corrected chi connectivity index (χ2v) is 9.58. The van der Waals surface area contributed by atoms with E-state index in [0.717, 1.165) is 49.3 Å². The fourth-order valence-electron chi connectivity index (χ4n) is 5.83. The number of benzene rings is 2. The molecule has 1 aromatic heterocycles. The van der Waals surface area contributed by atoms with Gasteiger partial charge in [0.15, 0.2) is 0 Å². The largest absolute Gasteiger partial charge is 0.416 e. The summed E-state index contributed by atoms with van der Waals surface area (Å²) in [6.45, 7) is 3.53. The maximum Gasteiger partial charge on any atom is 0.416 e. The molecule has 2 amide bonds. The highest BCUT2D eigenvalue weighted by molar-refractivity contribution is 5.89. The van der Waals surface area contributed by atoms with Crippen LogP contribution in [-0.4, -0.2) is 45.7 Å². The van der Waals surface area contributed by atoms with Gasteiger partial charge in [-0.25, -0.2) is 9.78 Å². The van der Waals surface area contributed by atoms with Crippen molar-refractivity contribution in [2.24, 2.45) is 0 Å². The molecule has 0 aliphatic carbocycles. The van der Waals surface area contributed by atoms with Crippen molar-refractivity contribution in [3.05, 3.63) is 59.9 Å². The molecule has 2 bridgehead atoms. The van der Waals surface area contributed by atoms with E-state index in [1.807, 2.05) is 6.07 Å². The number of rotatable bonds is 6. The first-order valence-corrected chi connectivity index (χ1v) is 12.2. The first kappa shape index (κ1) is 23.7. The fourth-order valence-corrected chi connectivity index (χ4v) is 5.83. The third-order valence-electron chi connectivity index (χ3n) is 7.35. The van der Waals surface area contributed by atoms with Gasteiger partial charge in [-0.1, -0.05) is 12.1 Å². The van der Waals surface area contributed by atoms with E-state index >= 15 is 0 Å². The average molecular weight is 486 g/mol. The Labute approximate surface area is 202 Å². The number of nitrogens with zero attached hydrogens (tertiary/aromatic N) is 3. The summed E-state index contributed by atoms with van der Waals surface area (Å²) in [6.07, 6.45) is 1.06. The van der Waals surface area contributed by atoms with Crippen molar-refractivity contribution in [1.29, 1.82) is 0 Å². The summed E-state index contributed by atoms with van der Waals surface area (Å²) >= 11 is 0. The number of carbonyl (C=O) groups is 1. The van der Waals surface area contributed by atoms with Gasteiger partial charge in [-0.05, 0) is 75.4 Å². The maximum atomic E-state index is 12.7. The van der Waals surface area contributed by atoms with Crippen molar-refractivity contribution in [2.75, 3.05) is 18.4 Å². The molecule has 2 saturated heterocycles. The summed E-state index contributed by atoms with van der Waals surface area (Å²) in [6, 6.07) is 13.9. The number of aromatic nitrogens is 2. The van der Waals surface area contributed by atoms with Crippen molar-refractivity contribution >= 4 is 22.8 Å². The third-order valence-corrected chi connectivity index (χ3v) is 7.35. The van der Waals surface area contributed by atoms with Gasteiger partial charge >= 0.3 is 12.2 Å². The molecule has 35 heavy (non-hydrogen) atoms. The number of amides is 2. The van der Waals surface area contributed by atoms with Crippen LogP contribution < -0.4 is 10.6 Å². The minimum Gasteiger partial charge on any atom is -0.338 e. The van der Waals surface area contributed by atoms with Crippen LogP contribution in [-0.2, 0) is 6.18 Å². The zero-order chi connectivity index (χ0) is 24.6. The van der Waals surface area contributed by atoms with Gasteiger partial charge in [0, 0.05) is 36.9 Å². The first-order valence-electron chi connectivity index (χ1n) is 12.2. The molecule has 2 fully saturated rings. The highest BCUT2D eigenvalue weighted by atomic mass is 19.4. The molecule has 3 heterocycles. The molecule has 5 rings (SSSR count). The molecule has 0 spiro atoms. The van der Waals surface area contributed by atoms with Crippen LogP contribution in [0.5, 0.6) is 0 Å². The van der Waals surface area contributed by atoms with Crippen molar-refractivity contribution in [2.45, 2.75) is 63.3 Å².